The molecule has 1 unspecified atom stereocenters. The van der Waals surface area contributed by atoms with Gasteiger partial charge in [-0.25, -0.2) is 0 Å². The molecule has 1 aliphatic heterocycles. The second-order valence-electron chi connectivity index (χ2n) is 4.37. The molecule has 0 aliphatic carbocycles. The summed E-state index contributed by atoms with van der Waals surface area (Å²) in [7, 11) is 1.65. The largest absolute Gasteiger partial charge is 0.497 e. The van der Waals surface area contributed by atoms with Crippen molar-refractivity contribution in [2.24, 2.45) is 0 Å². The molecule has 5 heteroatoms. The van der Waals surface area contributed by atoms with E-state index in [1.807, 2.05) is 36.1 Å². The molecule has 1 heterocycles. The number of hydrogen-bond acceptors (Lipinski definition) is 4. The van der Waals surface area contributed by atoms with Crippen molar-refractivity contribution in [3.05, 3.63) is 24.3 Å². The van der Waals surface area contributed by atoms with Crippen LogP contribution in [0.4, 0.5) is 0 Å². The molecule has 1 amide bonds. The van der Waals surface area contributed by atoms with E-state index in [2.05, 4.69) is 0 Å². The van der Waals surface area contributed by atoms with Crippen molar-refractivity contribution < 1.29 is 14.3 Å². The van der Waals surface area contributed by atoms with Gasteiger partial charge in [-0.1, -0.05) is 0 Å². The summed E-state index contributed by atoms with van der Waals surface area (Å²) in [4.78, 5) is 15.2. The summed E-state index contributed by atoms with van der Waals surface area (Å²) < 4.78 is 10.4. The number of hydrogen-bond donors (Lipinski definition) is 0. The summed E-state index contributed by atoms with van der Waals surface area (Å²) in [5.74, 6) is 1.01. The van der Waals surface area contributed by atoms with Crippen LogP contribution in [0.1, 0.15) is 6.92 Å². The van der Waals surface area contributed by atoms with Crippen LogP contribution in [0.3, 0.4) is 0 Å². The van der Waals surface area contributed by atoms with E-state index in [-0.39, 0.29) is 11.2 Å². The number of ether oxygens (including phenoxy) is 2. The molecule has 2 rings (SSSR count). The third-order valence-corrected chi connectivity index (χ3v) is 4.14. The standard InChI is InChI=1S/C14H19NO3S/c1-11(14(16)15-7-9-18-10-8-15)19-13-5-3-12(17-2)4-6-13/h3-6,11H,7-10H2,1-2H3. The molecule has 1 saturated heterocycles. The number of morpholine rings is 1. The normalized spacial score (nSPS) is 17.1. The Bertz CT molecular complexity index is 415. The minimum atomic E-state index is -0.0773. The minimum Gasteiger partial charge on any atom is -0.497 e. The van der Waals surface area contributed by atoms with Crippen molar-refractivity contribution in [2.75, 3.05) is 33.4 Å². The van der Waals surface area contributed by atoms with Gasteiger partial charge in [0.25, 0.3) is 0 Å². The zero-order chi connectivity index (χ0) is 13.7. The molecule has 1 aromatic rings. The molecule has 0 spiro atoms. The molecule has 1 fully saturated rings. The lowest BCUT2D eigenvalue weighted by atomic mass is 10.3. The Hall–Kier alpha value is -1.20. The van der Waals surface area contributed by atoms with E-state index in [0.29, 0.717) is 26.3 Å². The molecule has 1 aliphatic rings. The molecule has 0 N–H and O–H groups in total. The Labute approximate surface area is 118 Å². The Morgan fingerprint density at radius 1 is 1.32 bits per heavy atom. The summed E-state index contributed by atoms with van der Waals surface area (Å²) >= 11 is 1.58. The summed E-state index contributed by atoms with van der Waals surface area (Å²) in [5.41, 5.74) is 0. The molecule has 104 valence electrons. The van der Waals surface area contributed by atoms with Gasteiger partial charge in [0, 0.05) is 18.0 Å². The van der Waals surface area contributed by atoms with Crippen LogP contribution in [0.2, 0.25) is 0 Å². The first-order valence-corrected chi connectivity index (χ1v) is 7.26. The number of nitrogens with zero attached hydrogens (tertiary/aromatic N) is 1. The fourth-order valence-corrected chi connectivity index (χ4v) is 2.90. The van der Waals surface area contributed by atoms with Gasteiger partial charge in [0.05, 0.1) is 25.6 Å². The first-order chi connectivity index (χ1) is 9.20. The Morgan fingerprint density at radius 3 is 2.53 bits per heavy atom. The number of rotatable bonds is 4. The molecule has 0 aromatic heterocycles. The average molecular weight is 281 g/mol. The number of benzene rings is 1. The summed E-state index contributed by atoms with van der Waals surface area (Å²) in [6.07, 6.45) is 0. The van der Waals surface area contributed by atoms with E-state index in [1.54, 1.807) is 18.9 Å². The number of methoxy groups -OCH3 is 1. The van der Waals surface area contributed by atoms with Crippen LogP contribution in [0.15, 0.2) is 29.2 Å². The molecule has 19 heavy (non-hydrogen) atoms. The van der Waals surface area contributed by atoms with Gasteiger partial charge in [-0.2, -0.15) is 0 Å². The van der Waals surface area contributed by atoms with Gasteiger partial charge >= 0.3 is 0 Å². The van der Waals surface area contributed by atoms with E-state index >= 15 is 0 Å². The van der Waals surface area contributed by atoms with Crippen LogP contribution in [0.5, 0.6) is 5.75 Å². The third kappa shape index (κ3) is 3.88. The maximum Gasteiger partial charge on any atom is 0.235 e. The van der Waals surface area contributed by atoms with Gasteiger partial charge in [0.2, 0.25) is 5.91 Å². The second kappa shape index (κ2) is 6.82. The minimum absolute atomic E-state index is 0.0773. The van der Waals surface area contributed by atoms with Gasteiger partial charge in [-0.15, -0.1) is 11.8 Å². The number of thioether (sulfide) groups is 1. The molecular weight excluding hydrogens is 262 g/mol. The van der Waals surface area contributed by atoms with E-state index in [0.717, 1.165) is 10.6 Å². The summed E-state index contributed by atoms with van der Waals surface area (Å²) in [5, 5.41) is -0.0773. The quantitative estimate of drug-likeness (QED) is 0.792. The van der Waals surface area contributed by atoms with Crippen molar-refractivity contribution in [1.29, 1.82) is 0 Å². The fraction of sp³-hybridized carbons (Fsp3) is 0.500. The maximum atomic E-state index is 12.3. The Kier molecular flexibility index (Phi) is 5.10. The summed E-state index contributed by atoms with van der Waals surface area (Å²) in [6.45, 7) is 4.64. The fourth-order valence-electron chi connectivity index (χ4n) is 1.95. The average Bonchev–Trinajstić information content (AvgIpc) is 2.48. The second-order valence-corrected chi connectivity index (χ2v) is 5.79. The molecule has 0 saturated carbocycles. The highest BCUT2D eigenvalue weighted by Gasteiger charge is 2.23. The first kappa shape index (κ1) is 14.2. The third-order valence-electron chi connectivity index (χ3n) is 3.04. The van der Waals surface area contributed by atoms with Crippen LogP contribution in [-0.4, -0.2) is 49.5 Å². The lowest BCUT2D eigenvalue weighted by molar-refractivity contribution is -0.134. The molecule has 0 radical (unpaired) electrons. The SMILES string of the molecule is COc1ccc(SC(C)C(=O)N2CCOCC2)cc1. The predicted octanol–water partition coefficient (Wildman–Crippen LogP) is 2.03. The Morgan fingerprint density at radius 2 is 1.95 bits per heavy atom. The number of carbonyl (C=O) groups is 1. The monoisotopic (exact) mass is 281 g/mol. The van der Waals surface area contributed by atoms with Crippen molar-refractivity contribution in [2.45, 2.75) is 17.1 Å². The van der Waals surface area contributed by atoms with Crippen LogP contribution < -0.4 is 4.74 Å². The van der Waals surface area contributed by atoms with Crippen molar-refractivity contribution >= 4 is 17.7 Å². The van der Waals surface area contributed by atoms with Gasteiger partial charge in [0.1, 0.15) is 5.75 Å². The lowest BCUT2D eigenvalue weighted by Gasteiger charge is -2.29. The van der Waals surface area contributed by atoms with Crippen molar-refractivity contribution in [3.63, 3.8) is 0 Å². The maximum absolute atomic E-state index is 12.3. The Balaban J connectivity index is 1.91. The van der Waals surface area contributed by atoms with Crippen LogP contribution in [-0.2, 0) is 9.53 Å². The summed E-state index contributed by atoms with van der Waals surface area (Å²) in [6, 6.07) is 7.78. The van der Waals surface area contributed by atoms with Crippen molar-refractivity contribution in [1.82, 2.24) is 4.90 Å². The predicted molar refractivity (Wildman–Crippen MR) is 75.7 cm³/mol. The number of carbonyl (C=O) groups excluding carboxylic acids is 1. The van der Waals surface area contributed by atoms with Crippen molar-refractivity contribution in [3.8, 4) is 5.75 Å². The van der Waals surface area contributed by atoms with E-state index < -0.39 is 0 Å². The van der Waals surface area contributed by atoms with E-state index in [9.17, 15) is 4.79 Å². The molecule has 1 atom stereocenters. The van der Waals surface area contributed by atoms with Crippen LogP contribution in [0.25, 0.3) is 0 Å². The topological polar surface area (TPSA) is 38.8 Å². The van der Waals surface area contributed by atoms with Crippen LogP contribution >= 0.6 is 11.8 Å². The molecular formula is C14H19NO3S. The highest BCUT2D eigenvalue weighted by molar-refractivity contribution is 8.00. The zero-order valence-electron chi connectivity index (χ0n) is 11.3. The van der Waals surface area contributed by atoms with Gasteiger partial charge in [-0.05, 0) is 31.2 Å². The lowest BCUT2D eigenvalue weighted by Crippen LogP contribution is -2.44. The molecule has 0 bridgehead atoms. The number of amides is 1. The van der Waals surface area contributed by atoms with E-state index in [4.69, 9.17) is 9.47 Å². The molecule has 1 aromatic carbocycles. The van der Waals surface area contributed by atoms with Gasteiger partial charge < -0.3 is 14.4 Å². The van der Waals surface area contributed by atoms with Gasteiger partial charge in [-0.3, -0.25) is 4.79 Å². The first-order valence-electron chi connectivity index (χ1n) is 6.38. The highest BCUT2D eigenvalue weighted by Crippen LogP contribution is 2.26. The zero-order valence-corrected chi connectivity index (χ0v) is 12.1. The molecule has 4 nitrogen and oxygen atoms in total. The van der Waals surface area contributed by atoms with Gasteiger partial charge in [0.15, 0.2) is 0 Å². The van der Waals surface area contributed by atoms with Crippen LogP contribution in [0, 0.1) is 0 Å². The smallest absolute Gasteiger partial charge is 0.235 e. The van der Waals surface area contributed by atoms with E-state index in [1.165, 1.54) is 0 Å². The highest BCUT2D eigenvalue weighted by atomic mass is 32.2.